The molecule has 0 aliphatic carbocycles. The van der Waals surface area contributed by atoms with E-state index in [-0.39, 0.29) is 23.7 Å². The summed E-state index contributed by atoms with van der Waals surface area (Å²) < 4.78 is 13.1. The topological polar surface area (TPSA) is 62.3 Å². The van der Waals surface area contributed by atoms with Gasteiger partial charge in [0.05, 0.1) is 5.56 Å². The number of likely N-dealkylation sites (tertiary alicyclic amines) is 1. The van der Waals surface area contributed by atoms with Crippen LogP contribution in [0.15, 0.2) is 54.9 Å². The number of nitrogens with zero attached hydrogens (tertiary/aromatic N) is 2. The van der Waals surface area contributed by atoms with E-state index in [1.54, 1.807) is 47.6 Å². The lowest BCUT2D eigenvalue weighted by Crippen LogP contribution is -2.46. The van der Waals surface area contributed by atoms with Gasteiger partial charge in [-0.25, -0.2) is 4.39 Å². The largest absolute Gasteiger partial charge is 0.350 e. The highest BCUT2D eigenvalue weighted by atomic mass is 19.1. The number of piperidine rings is 1. The second kappa shape index (κ2) is 8.38. The minimum Gasteiger partial charge on any atom is -0.350 e. The van der Waals surface area contributed by atoms with Gasteiger partial charge >= 0.3 is 0 Å². The summed E-state index contributed by atoms with van der Waals surface area (Å²) in [6.45, 7) is 1.18. The molecule has 1 N–H and O–H groups in total. The molecule has 1 fully saturated rings. The molecule has 0 spiro atoms. The Bertz CT molecular complexity index is 800. The number of pyridine rings is 1. The number of carbonyl (C=O) groups is 2. The van der Waals surface area contributed by atoms with E-state index in [4.69, 9.17) is 0 Å². The summed E-state index contributed by atoms with van der Waals surface area (Å²) in [7, 11) is 0. The van der Waals surface area contributed by atoms with Crippen LogP contribution >= 0.6 is 0 Å². The average Bonchev–Trinajstić information content (AvgIpc) is 2.67. The Balaban J connectivity index is 1.48. The molecule has 5 nitrogen and oxygen atoms in total. The highest BCUT2D eigenvalue weighted by Crippen LogP contribution is 2.14. The maximum absolute atomic E-state index is 13.1. The van der Waals surface area contributed by atoms with E-state index in [9.17, 15) is 14.0 Å². The Morgan fingerprint density at radius 2 is 2.00 bits per heavy atom. The van der Waals surface area contributed by atoms with Gasteiger partial charge in [0.15, 0.2) is 0 Å². The van der Waals surface area contributed by atoms with Crippen molar-refractivity contribution in [3.05, 3.63) is 71.8 Å². The number of hydrogen-bond donors (Lipinski definition) is 1. The molecular weight excluding hydrogens is 333 g/mol. The van der Waals surface area contributed by atoms with Gasteiger partial charge < -0.3 is 10.2 Å². The number of aromatic nitrogens is 1. The molecule has 0 radical (unpaired) electrons. The van der Waals surface area contributed by atoms with Crippen LogP contribution in [-0.4, -0.2) is 40.8 Å². The summed E-state index contributed by atoms with van der Waals surface area (Å²) in [5.41, 5.74) is 1.21. The van der Waals surface area contributed by atoms with Crippen molar-refractivity contribution in [3.63, 3.8) is 0 Å². The maximum Gasteiger partial charge on any atom is 0.255 e. The number of nitrogens with one attached hydrogen (secondary N) is 1. The number of rotatable bonds is 4. The van der Waals surface area contributed by atoms with Gasteiger partial charge in [0.2, 0.25) is 5.91 Å². The van der Waals surface area contributed by atoms with Crippen LogP contribution in [0.3, 0.4) is 0 Å². The van der Waals surface area contributed by atoms with Crippen molar-refractivity contribution in [1.29, 1.82) is 0 Å². The molecule has 1 aliphatic heterocycles. The molecule has 0 atom stereocenters. The predicted molar refractivity (Wildman–Crippen MR) is 96.7 cm³/mol. The first kappa shape index (κ1) is 17.8. The summed E-state index contributed by atoms with van der Waals surface area (Å²) >= 11 is 0. The molecule has 134 valence electrons. The molecule has 2 aromatic rings. The van der Waals surface area contributed by atoms with Crippen LogP contribution in [0, 0.1) is 5.82 Å². The average molecular weight is 353 g/mol. The summed E-state index contributed by atoms with van der Waals surface area (Å²) in [4.78, 5) is 30.1. The van der Waals surface area contributed by atoms with Gasteiger partial charge in [-0.1, -0.05) is 12.1 Å². The zero-order valence-corrected chi connectivity index (χ0v) is 14.3. The van der Waals surface area contributed by atoms with Gasteiger partial charge in [-0.2, -0.15) is 0 Å². The molecule has 2 heterocycles. The minimum absolute atomic E-state index is 0.0256. The molecule has 1 aliphatic rings. The number of carbonyl (C=O) groups excluding carboxylic acids is 2. The predicted octanol–water partition coefficient (Wildman–Crippen LogP) is 2.65. The highest BCUT2D eigenvalue weighted by Gasteiger charge is 2.24. The zero-order valence-electron chi connectivity index (χ0n) is 14.3. The quantitative estimate of drug-likeness (QED) is 0.860. The molecular formula is C20H20FN3O2. The molecule has 0 saturated carbocycles. The standard InChI is InChI=1S/C20H20FN3O2/c21-17-5-1-3-15(13-17)6-7-19(25)23-18-8-11-24(12-9-18)20(26)16-4-2-10-22-14-16/h1-7,10,13-14,18H,8-9,11-12H2,(H,23,25)/b7-6+. The lowest BCUT2D eigenvalue weighted by Gasteiger charge is -2.32. The number of halogens is 1. The van der Waals surface area contributed by atoms with Crippen molar-refractivity contribution in [1.82, 2.24) is 15.2 Å². The summed E-state index contributed by atoms with van der Waals surface area (Å²) in [5, 5.41) is 2.93. The van der Waals surface area contributed by atoms with Gasteiger partial charge in [0.1, 0.15) is 5.82 Å². The van der Waals surface area contributed by atoms with Crippen LogP contribution < -0.4 is 5.32 Å². The van der Waals surface area contributed by atoms with Crippen molar-refractivity contribution < 1.29 is 14.0 Å². The third-order valence-electron chi connectivity index (χ3n) is 4.31. The fraction of sp³-hybridized carbons (Fsp3) is 0.250. The van der Waals surface area contributed by atoms with E-state index in [1.807, 2.05) is 0 Å². The number of benzene rings is 1. The lowest BCUT2D eigenvalue weighted by atomic mass is 10.0. The highest BCUT2D eigenvalue weighted by molar-refractivity contribution is 5.94. The van der Waals surface area contributed by atoms with Crippen molar-refractivity contribution in [2.45, 2.75) is 18.9 Å². The van der Waals surface area contributed by atoms with E-state index in [1.165, 1.54) is 18.2 Å². The Kier molecular flexibility index (Phi) is 5.73. The van der Waals surface area contributed by atoms with Crippen LogP contribution in [0.2, 0.25) is 0 Å². The van der Waals surface area contributed by atoms with E-state index >= 15 is 0 Å². The van der Waals surface area contributed by atoms with Crippen molar-refractivity contribution in [3.8, 4) is 0 Å². The van der Waals surface area contributed by atoms with Crippen LogP contribution in [0.4, 0.5) is 4.39 Å². The van der Waals surface area contributed by atoms with E-state index in [2.05, 4.69) is 10.3 Å². The SMILES string of the molecule is O=C(/C=C/c1cccc(F)c1)NC1CCN(C(=O)c2cccnc2)CC1. The fourth-order valence-corrected chi connectivity index (χ4v) is 2.93. The molecule has 0 unspecified atom stereocenters. The Morgan fingerprint density at radius 3 is 2.69 bits per heavy atom. The smallest absolute Gasteiger partial charge is 0.255 e. The first-order valence-electron chi connectivity index (χ1n) is 8.55. The van der Waals surface area contributed by atoms with Crippen LogP contribution in [0.5, 0.6) is 0 Å². The van der Waals surface area contributed by atoms with Gasteiger partial charge in [-0.3, -0.25) is 14.6 Å². The lowest BCUT2D eigenvalue weighted by molar-refractivity contribution is -0.117. The second-order valence-electron chi connectivity index (χ2n) is 6.21. The van der Waals surface area contributed by atoms with Gasteiger partial charge in [-0.15, -0.1) is 0 Å². The molecule has 6 heteroatoms. The van der Waals surface area contributed by atoms with E-state index < -0.39 is 0 Å². The fourth-order valence-electron chi connectivity index (χ4n) is 2.93. The normalized spacial score (nSPS) is 15.2. The summed E-state index contributed by atoms with van der Waals surface area (Å²) in [6.07, 6.45) is 7.59. The van der Waals surface area contributed by atoms with Crippen molar-refractivity contribution in [2.75, 3.05) is 13.1 Å². The molecule has 1 aromatic heterocycles. The number of amides is 2. The third-order valence-corrected chi connectivity index (χ3v) is 4.31. The summed E-state index contributed by atoms with van der Waals surface area (Å²) in [5.74, 6) is -0.585. The zero-order chi connectivity index (χ0) is 18.4. The first-order chi connectivity index (χ1) is 12.6. The van der Waals surface area contributed by atoms with Crippen LogP contribution in [0.25, 0.3) is 6.08 Å². The van der Waals surface area contributed by atoms with Gasteiger partial charge in [0.25, 0.3) is 5.91 Å². The molecule has 2 amide bonds. The monoisotopic (exact) mass is 353 g/mol. The Morgan fingerprint density at radius 1 is 1.19 bits per heavy atom. The molecule has 0 bridgehead atoms. The van der Waals surface area contributed by atoms with Crippen molar-refractivity contribution in [2.24, 2.45) is 0 Å². The third kappa shape index (κ3) is 4.75. The van der Waals surface area contributed by atoms with Crippen LogP contribution in [0.1, 0.15) is 28.8 Å². The van der Waals surface area contributed by atoms with Crippen molar-refractivity contribution >= 4 is 17.9 Å². The van der Waals surface area contributed by atoms with E-state index in [0.29, 0.717) is 37.1 Å². The van der Waals surface area contributed by atoms with Gasteiger partial charge in [-0.05, 0) is 48.7 Å². The number of hydrogen-bond acceptors (Lipinski definition) is 3. The maximum atomic E-state index is 13.1. The molecule has 26 heavy (non-hydrogen) atoms. The first-order valence-corrected chi connectivity index (χ1v) is 8.55. The van der Waals surface area contributed by atoms with Gasteiger partial charge in [0, 0.05) is 37.6 Å². The second-order valence-corrected chi connectivity index (χ2v) is 6.21. The minimum atomic E-state index is -0.335. The van der Waals surface area contributed by atoms with Crippen LogP contribution in [-0.2, 0) is 4.79 Å². The Hall–Kier alpha value is -3.02. The Labute approximate surface area is 151 Å². The molecule has 3 rings (SSSR count). The van der Waals surface area contributed by atoms with E-state index in [0.717, 1.165) is 0 Å². The molecule has 1 saturated heterocycles. The summed E-state index contributed by atoms with van der Waals surface area (Å²) in [6, 6.07) is 9.57. The molecule has 1 aromatic carbocycles.